The molecule has 106 valence electrons. The van der Waals surface area contributed by atoms with E-state index in [0.29, 0.717) is 0 Å². The number of aromatic amines is 1. The molecule has 3 rings (SSSR count). The number of hydrogen-bond acceptors (Lipinski definition) is 1. The van der Waals surface area contributed by atoms with Crippen LogP contribution in [0.5, 0.6) is 0 Å². The van der Waals surface area contributed by atoms with E-state index in [-0.39, 0.29) is 0 Å². The largest absolute Gasteiger partial charge is 0.354 e. The van der Waals surface area contributed by atoms with Gasteiger partial charge in [0.05, 0.1) is 5.69 Å². The van der Waals surface area contributed by atoms with Crippen molar-refractivity contribution < 1.29 is 4.79 Å². The van der Waals surface area contributed by atoms with E-state index in [1.807, 2.05) is 30.3 Å². The molecule has 0 saturated heterocycles. The van der Waals surface area contributed by atoms with Crippen LogP contribution in [0.15, 0.2) is 48.5 Å². The lowest BCUT2D eigenvalue weighted by molar-refractivity contribution is 0.112. The number of fused-ring (bicyclic) bond motifs is 1. The minimum atomic E-state index is 0.759. The van der Waals surface area contributed by atoms with Crippen LogP contribution >= 0.6 is 0 Å². The smallest absolute Gasteiger partial charge is 0.152 e. The Bertz CT molecular complexity index is 756. The summed E-state index contributed by atoms with van der Waals surface area (Å²) < 4.78 is 0. The highest BCUT2D eigenvalue weighted by atomic mass is 16.1. The van der Waals surface area contributed by atoms with Gasteiger partial charge in [0.15, 0.2) is 6.29 Å². The van der Waals surface area contributed by atoms with Crippen molar-refractivity contribution in [1.82, 2.24) is 4.98 Å². The van der Waals surface area contributed by atoms with Crippen LogP contribution in [0, 0.1) is 0 Å². The summed E-state index contributed by atoms with van der Waals surface area (Å²) >= 11 is 0. The summed E-state index contributed by atoms with van der Waals surface area (Å²) in [6.45, 7) is 2.19. The van der Waals surface area contributed by atoms with E-state index in [1.165, 1.54) is 18.4 Å². The first-order valence-corrected chi connectivity index (χ1v) is 7.48. The maximum atomic E-state index is 11.6. The second-order valence-electron chi connectivity index (χ2n) is 5.38. The maximum absolute atomic E-state index is 11.6. The van der Waals surface area contributed by atoms with Gasteiger partial charge in [0.25, 0.3) is 0 Å². The third-order valence-electron chi connectivity index (χ3n) is 3.90. The lowest BCUT2D eigenvalue weighted by Crippen LogP contribution is -1.86. The van der Waals surface area contributed by atoms with Crippen LogP contribution in [0.1, 0.15) is 35.7 Å². The molecule has 0 bridgehead atoms. The fourth-order valence-electron chi connectivity index (χ4n) is 2.75. The van der Waals surface area contributed by atoms with Gasteiger partial charge in [-0.25, -0.2) is 0 Å². The number of rotatable bonds is 5. The van der Waals surface area contributed by atoms with Gasteiger partial charge in [-0.3, -0.25) is 4.79 Å². The number of aryl methyl sites for hydroxylation is 1. The lowest BCUT2D eigenvalue weighted by atomic mass is 10.0. The van der Waals surface area contributed by atoms with E-state index in [1.54, 1.807) is 0 Å². The Hall–Kier alpha value is -2.35. The molecular weight excluding hydrogens is 258 g/mol. The topological polar surface area (TPSA) is 32.9 Å². The van der Waals surface area contributed by atoms with Crippen molar-refractivity contribution in [2.75, 3.05) is 0 Å². The SMILES string of the molecule is CCCCc1ccc2[nH]c(-c3ccccc3)c(C=O)c2c1. The fraction of sp³-hybridized carbons (Fsp3) is 0.211. The first-order valence-electron chi connectivity index (χ1n) is 7.48. The molecule has 0 spiro atoms. The molecule has 0 unspecified atom stereocenters. The van der Waals surface area contributed by atoms with Crippen molar-refractivity contribution >= 4 is 17.2 Å². The number of carbonyl (C=O) groups excluding carboxylic acids is 1. The molecule has 2 heteroatoms. The average Bonchev–Trinajstić information content (AvgIpc) is 2.91. The Morgan fingerprint density at radius 3 is 2.62 bits per heavy atom. The molecule has 0 amide bonds. The van der Waals surface area contributed by atoms with Crippen LogP contribution in [0.4, 0.5) is 0 Å². The van der Waals surface area contributed by atoms with E-state index in [0.717, 1.165) is 40.4 Å². The first-order chi connectivity index (χ1) is 10.3. The predicted octanol–water partition coefficient (Wildman–Crippen LogP) is 4.99. The zero-order valence-corrected chi connectivity index (χ0v) is 12.2. The van der Waals surface area contributed by atoms with Crippen molar-refractivity contribution in [2.24, 2.45) is 0 Å². The molecule has 0 fully saturated rings. The Labute approximate surface area is 124 Å². The molecule has 1 N–H and O–H groups in total. The zero-order chi connectivity index (χ0) is 14.7. The number of benzene rings is 2. The van der Waals surface area contributed by atoms with Gasteiger partial charge in [-0.1, -0.05) is 49.7 Å². The van der Waals surface area contributed by atoms with Crippen LogP contribution in [-0.4, -0.2) is 11.3 Å². The van der Waals surface area contributed by atoms with Gasteiger partial charge in [0.2, 0.25) is 0 Å². The normalized spacial score (nSPS) is 10.9. The zero-order valence-electron chi connectivity index (χ0n) is 12.2. The summed E-state index contributed by atoms with van der Waals surface area (Å²) in [5, 5.41) is 1.03. The van der Waals surface area contributed by atoms with Gasteiger partial charge < -0.3 is 4.98 Å². The molecule has 2 nitrogen and oxygen atoms in total. The third kappa shape index (κ3) is 2.62. The van der Waals surface area contributed by atoms with Crippen molar-refractivity contribution in [3.05, 3.63) is 59.7 Å². The molecule has 0 aliphatic carbocycles. The molecule has 0 radical (unpaired) electrons. The van der Waals surface area contributed by atoms with E-state index < -0.39 is 0 Å². The number of aldehydes is 1. The Morgan fingerprint density at radius 1 is 1.10 bits per heavy atom. The Kier molecular flexibility index (Phi) is 3.87. The number of carbonyl (C=O) groups is 1. The minimum absolute atomic E-state index is 0.759. The molecule has 1 aromatic heterocycles. The van der Waals surface area contributed by atoms with Gasteiger partial charge in [-0.2, -0.15) is 0 Å². The Balaban J connectivity index is 2.12. The monoisotopic (exact) mass is 277 g/mol. The average molecular weight is 277 g/mol. The molecule has 0 aliphatic heterocycles. The van der Waals surface area contributed by atoms with E-state index in [9.17, 15) is 4.79 Å². The number of H-pyrrole nitrogens is 1. The van der Waals surface area contributed by atoms with E-state index in [2.05, 4.69) is 30.1 Å². The van der Waals surface area contributed by atoms with Gasteiger partial charge >= 0.3 is 0 Å². The molecule has 0 saturated carbocycles. The van der Waals surface area contributed by atoms with Gasteiger partial charge in [0.1, 0.15) is 0 Å². The standard InChI is InChI=1S/C19H19NO/c1-2-3-7-14-10-11-18-16(12-14)17(13-21)19(20-18)15-8-5-4-6-9-15/h4-6,8-13,20H,2-3,7H2,1H3. The van der Waals surface area contributed by atoms with Crippen LogP contribution in [0.3, 0.4) is 0 Å². The van der Waals surface area contributed by atoms with Crippen molar-refractivity contribution in [3.8, 4) is 11.3 Å². The molecule has 3 aromatic rings. The molecular formula is C19H19NO. The number of aromatic nitrogens is 1. The molecule has 21 heavy (non-hydrogen) atoms. The molecule has 0 aliphatic rings. The second-order valence-corrected chi connectivity index (χ2v) is 5.38. The first kappa shape index (κ1) is 13.6. The number of unbranched alkanes of at least 4 members (excludes halogenated alkanes) is 1. The summed E-state index contributed by atoms with van der Waals surface area (Å²) in [4.78, 5) is 15.0. The molecule has 0 atom stereocenters. The van der Waals surface area contributed by atoms with Crippen LogP contribution in [0.25, 0.3) is 22.2 Å². The second kappa shape index (κ2) is 5.96. The molecule has 1 heterocycles. The van der Waals surface area contributed by atoms with Gasteiger partial charge in [0, 0.05) is 16.5 Å². The predicted molar refractivity (Wildman–Crippen MR) is 87.7 cm³/mol. The quantitative estimate of drug-likeness (QED) is 0.655. The van der Waals surface area contributed by atoms with Crippen LogP contribution < -0.4 is 0 Å². The summed E-state index contributed by atoms with van der Waals surface area (Å²) in [6.07, 6.45) is 4.39. The lowest BCUT2D eigenvalue weighted by Gasteiger charge is -2.00. The highest BCUT2D eigenvalue weighted by Crippen LogP contribution is 2.29. The van der Waals surface area contributed by atoms with Crippen molar-refractivity contribution in [3.63, 3.8) is 0 Å². The minimum Gasteiger partial charge on any atom is -0.354 e. The summed E-state index contributed by atoms with van der Waals surface area (Å²) in [6, 6.07) is 16.4. The van der Waals surface area contributed by atoms with Crippen molar-refractivity contribution in [1.29, 1.82) is 0 Å². The van der Waals surface area contributed by atoms with Crippen molar-refractivity contribution in [2.45, 2.75) is 26.2 Å². The summed E-state index contributed by atoms with van der Waals surface area (Å²) in [5.74, 6) is 0. The van der Waals surface area contributed by atoms with Crippen LogP contribution in [0.2, 0.25) is 0 Å². The highest BCUT2D eigenvalue weighted by Gasteiger charge is 2.12. The Morgan fingerprint density at radius 2 is 1.90 bits per heavy atom. The number of nitrogens with one attached hydrogen (secondary N) is 1. The third-order valence-corrected chi connectivity index (χ3v) is 3.90. The van der Waals surface area contributed by atoms with Gasteiger partial charge in [-0.05, 0) is 36.1 Å². The summed E-state index contributed by atoms with van der Waals surface area (Å²) in [7, 11) is 0. The van der Waals surface area contributed by atoms with Gasteiger partial charge in [-0.15, -0.1) is 0 Å². The number of hydrogen-bond donors (Lipinski definition) is 1. The fourth-order valence-corrected chi connectivity index (χ4v) is 2.75. The van der Waals surface area contributed by atoms with Crippen LogP contribution in [-0.2, 0) is 6.42 Å². The van der Waals surface area contributed by atoms with E-state index in [4.69, 9.17) is 0 Å². The summed E-state index contributed by atoms with van der Waals surface area (Å²) in [5.41, 5.74) is 5.04. The van der Waals surface area contributed by atoms with E-state index >= 15 is 0 Å². The highest BCUT2D eigenvalue weighted by molar-refractivity contribution is 6.04. The molecule has 2 aromatic carbocycles. The maximum Gasteiger partial charge on any atom is 0.152 e.